The number of ether oxygens (including phenoxy) is 1. The molecule has 0 aliphatic heterocycles. The third-order valence-electron chi connectivity index (χ3n) is 2.98. The zero-order chi connectivity index (χ0) is 16.1. The highest BCUT2D eigenvalue weighted by molar-refractivity contribution is 6.04. The van der Waals surface area contributed by atoms with Crippen LogP contribution in [0.25, 0.3) is 6.08 Å². The Morgan fingerprint density at radius 3 is 2.50 bits per heavy atom. The molecule has 6 heteroatoms. The number of hydrogen-bond donors (Lipinski definition) is 2. The molecule has 0 spiro atoms. The molecular weight excluding hydrogens is 284 g/mol. The van der Waals surface area contributed by atoms with Gasteiger partial charge in [-0.15, -0.1) is 0 Å². The zero-order valence-corrected chi connectivity index (χ0v) is 11.9. The summed E-state index contributed by atoms with van der Waals surface area (Å²) in [5, 5.41) is 2.47. The molecule has 22 heavy (non-hydrogen) atoms. The molecule has 0 aliphatic carbocycles. The molecule has 2 N–H and O–H groups in total. The van der Waals surface area contributed by atoms with Crippen LogP contribution in [0.5, 0.6) is 0 Å². The van der Waals surface area contributed by atoms with Crippen LogP contribution < -0.4 is 10.9 Å². The van der Waals surface area contributed by atoms with E-state index in [2.05, 4.69) is 21.6 Å². The number of aromatic amines is 1. The van der Waals surface area contributed by atoms with Gasteiger partial charge in [0.2, 0.25) is 0 Å². The van der Waals surface area contributed by atoms with Gasteiger partial charge in [-0.25, -0.2) is 4.79 Å². The summed E-state index contributed by atoms with van der Waals surface area (Å²) in [6, 6.07) is 7.96. The summed E-state index contributed by atoms with van der Waals surface area (Å²) in [5.74, 6) is -1.06. The van der Waals surface area contributed by atoms with Gasteiger partial charge in [-0.3, -0.25) is 9.59 Å². The van der Waals surface area contributed by atoms with Gasteiger partial charge in [0.25, 0.3) is 11.5 Å². The first kappa shape index (κ1) is 15.2. The molecule has 112 valence electrons. The molecule has 1 aromatic heterocycles. The third-order valence-corrected chi connectivity index (χ3v) is 2.98. The predicted molar refractivity (Wildman–Crippen MR) is 82.9 cm³/mol. The SMILES string of the molecule is C=Cc1ccc(C(=O)Nc2cc(C(=O)OC)c[nH]c2=O)cc1. The number of H-pyrrole nitrogens is 1. The van der Waals surface area contributed by atoms with Gasteiger partial charge in [-0.2, -0.15) is 0 Å². The van der Waals surface area contributed by atoms with E-state index in [1.54, 1.807) is 30.3 Å². The molecule has 0 saturated carbocycles. The van der Waals surface area contributed by atoms with Crippen molar-refractivity contribution in [3.05, 3.63) is 70.2 Å². The number of hydrogen-bond acceptors (Lipinski definition) is 4. The number of carbonyl (C=O) groups is 2. The average Bonchev–Trinajstić information content (AvgIpc) is 2.56. The van der Waals surface area contributed by atoms with Crippen LogP contribution in [0.2, 0.25) is 0 Å². The second-order valence-corrected chi connectivity index (χ2v) is 4.40. The van der Waals surface area contributed by atoms with Crippen LogP contribution in [0.1, 0.15) is 26.3 Å². The average molecular weight is 298 g/mol. The Bertz CT molecular complexity index is 775. The van der Waals surface area contributed by atoms with Crippen molar-refractivity contribution in [2.45, 2.75) is 0 Å². The van der Waals surface area contributed by atoms with Crippen LogP contribution in [0.4, 0.5) is 5.69 Å². The van der Waals surface area contributed by atoms with Crippen molar-refractivity contribution in [2.24, 2.45) is 0 Å². The predicted octanol–water partition coefficient (Wildman–Crippen LogP) is 2.06. The Balaban J connectivity index is 2.25. The van der Waals surface area contributed by atoms with Gasteiger partial charge in [0, 0.05) is 11.8 Å². The van der Waals surface area contributed by atoms with Crippen LogP contribution in [-0.2, 0) is 4.74 Å². The van der Waals surface area contributed by atoms with Crippen LogP contribution in [-0.4, -0.2) is 24.0 Å². The van der Waals surface area contributed by atoms with Crippen molar-refractivity contribution in [3.8, 4) is 0 Å². The van der Waals surface area contributed by atoms with Gasteiger partial charge >= 0.3 is 5.97 Å². The fraction of sp³-hybridized carbons (Fsp3) is 0.0625. The molecular formula is C16H14N2O4. The number of pyridine rings is 1. The molecule has 0 atom stereocenters. The normalized spacial score (nSPS) is 9.86. The van der Waals surface area contributed by atoms with E-state index < -0.39 is 17.4 Å². The zero-order valence-electron chi connectivity index (χ0n) is 11.9. The number of benzene rings is 1. The number of methoxy groups -OCH3 is 1. The number of amides is 1. The van der Waals surface area contributed by atoms with E-state index in [0.29, 0.717) is 5.56 Å². The highest BCUT2D eigenvalue weighted by atomic mass is 16.5. The van der Waals surface area contributed by atoms with Crippen molar-refractivity contribution in [1.29, 1.82) is 0 Å². The fourth-order valence-corrected chi connectivity index (χ4v) is 1.78. The smallest absolute Gasteiger partial charge is 0.339 e. The van der Waals surface area contributed by atoms with Crippen molar-refractivity contribution < 1.29 is 14.3 Å². The largest absolute Gasteiger partial charge is 0.465 e. The summed E-state index contributed by atoms with van der Waals surface area (Å²) < 4.78 is 4.56. The molecule has 2 aromatic rings. The van der Waals surface area contributed by atoms with Gasteiger partial charge in [-0.05, 0) is 23.8 Å². The summed E-state index contributed by atoms with van der Waals surface area (Å²) >= 11 is 0. The summed E-state index contributed by atoms with van der Waals surface area (Å²) in [7, 11) is 1.23. The van der Waals surface area contributed by atoms with Gasteiger partial charge in [0.05, 0.1) is 12.7 Å². The third kappa shape index (κ3) is 3.29. The first-order chi connectivity index (χ1) is 10.5. The molecule has 1 heterocycles. The lowest BCUT2D eigenvalue weighted by atomic mass is 10.1. The summed E-state index contributed by atoms with van der Waals surface area (Å²) in [6.45, 7) is 3.63. The number of nitrogens with one attached hydrogen (secondary N) is 2. The quantitative estimate of drug-likeness (QED) is 0.846. The van der Waals surface area contributed by atoms with E-state index in [9.17, 15) is 14.4 Å². The lowest BCUT2D eigenvalue weighted by Crippen LogP contribution is -2.20. The molecule has 1 amide bonds. The minimum Gasteiger partial charge on any atom is -0.465 e. The van der Waals surface area contributed by atoms with Gasteiger partial charge in [0.1, 0.15) is 5.69 Å². The summed E-state index contributed by atoms with van der Waals surface area (Å²) in [5.41, 5.74) is 0.861. The Labute approximate surface area is 126 Å². The van der Waals surface area contributed by atoms with Crippen molar-refractivity contribution in [2.75, 3.05) is 12.4 Å². The maximum atomic E-state index is 12.1. The first-order valence-electron chi connectivity index (χ1n) is 6.40. The van der Waals surface area contributed by atoms with Crippen molar-refractivity contribution in [1.82, 2.24) is 4.98 Å². The molecule has 0 radical (unpaired) electrons. The molecule has 0 aliphatic rings. The molecule has 6 nitrogen and oxygen atoms in total. The molecule has 0 fully saturated rings. The lowest BCUT2D eigenvalue weighted by Gasteiger charge is -2.06. The van der Waals surface area contributed by atoms with Crippen LogP contribution in [0, 0.1) is 0 Å². The fourth-order valence-electron chi connectivity index (χ4n) is 1.78. The van der Waals surface area contributed by atoms with E-state index in [0.717, 1.165) is 5.56 Å². The van der Waals surface area contributed by atoms with Crippen LogP contribution in [0.3, 0.4) is 0 Å². The van der Waals surface area contributed by atoms with E-state index >= 15 is 0 Å². The summed E-state index contributed by atoms with van der Waals surface area (Å²) in [4.78, 5) is 37.6. The van der Waals surface area contributed by atoms with Crippen LogP contribution in [0.15, 0.2) is 47.9 Å². The number of esters is 1. The maximum absolute atomic E-state index is 12.1. The first-order valence-corrected chi connectivity index (χ1v) is 6.40. The lowest BCUT2D eigenvalue weighted by molar-refractivity contribution is 0.0600. The van der Waals surface area contributed by atoms with E-state index in [1.807, 2.05) is 0 Å². The highest BCUT2D eigenvalue weighted by Gasteiger charge is 2.12. The Morgan fingerprint density at radius 2 is 1.91 bits per heavy atom. The Kier molecular flexibility index (Phi) is 4.53. The molecule has 1 aromatic carbocycles. The molecule has 0 saturated heterocycles. The maximum Gasteiger partial charge on any atom is 0.339 e. The minimum absolute atomic E-state index is 0.0271. The minimum atomic E-state index is -0.609. The Morgan fingerprint density at radius 1 is 1.23 bits per heavy atom. The summed E-state index contributed by atoms with van der Waals surface area (Å²) in [6.07, 6.45) is 2.88. The number of anilines is 1. The van der Waals surface area contributed by atoms with Gasteiger partial charge in [-0.1, -0.05) is 24.8 Å². The van der Waals surface area contributed by atoms with Gasteiger partial charge < -0.3 is 15.0 Å². The number of rotatable bonds is 4. The van der Waals surface area contributed by atoms with Crippen molar-refractivity contribution in [3.63, 3.8) is 0 Å². The van der Waals surface area contributed by atoms with E-state index in [4.69, 9.17) is 0 Å². The topological polar surface area (TPSA) is 88.3 Å². The molecule has 2 rings (SSSR count). The van der Waals surface area contributed by atoms with E-state index in [-0.39, 0.29) is 11.3 Å². The molecule has 0 bridgehead atoms. The second-order valence-electron chi connectivity index (χ2n) is 4.40. The monoisotopic (exact) mass is 298 g/mol. The van der Waals surface area contributed by atoms with Crippen LogP contribution >= 0.6 is 0 Å². The van der Waals surface area contributed by atoms with Gasteiger partial charge in [0.15, 0.2) is 0 Å². The number of carbonyl (C=O) groups excluding carboxylic acids is 2. The number of aromatic nitrogens is 1. The second kappa shape index (κ2) is 6.53. The molecule has 0 unspecified atom stereocenters. The Hall–Kier alpha value is -3.15. The highest BCUT2D eigenvalue weighted by Crippen LogP contribution is 2.09. The standard InChI is InChI=1S/C16H14N2O4/c1-3-10-4-6-11(7-5-10)14(19)18-13-8-12(16(21)22-2)9-17-15(13)20/h3-9H,1H2,2H3,(H,17,20)(H,18,19). The van der Waals surface area contributed by atoms with E-state index in [1.165, 1.54) is 19.4 Å². The van der Waals surface area contributed by atoms with Crippen molar-refractivity contribution >= 4 is 23.6 Å².